The lowest BCUT2D eigenvalue weighted by Gasteiger charge is -2.37. The minimum Gasteiger partial charge on any atom is -0.493 e. The molecule has 5 heteroatoms. The van der Waals surface area contributed by atoms with Gasteiger partial charge in [0, 0.05) is 12.1 Å². The number of amides is 1. The highest BCUT2D eigenvalue weighted by molar-refractivity contribution is 5.99. The Morgan fingerprint density at radius 3 is 2.30 bits per heavy atom. The summed E-state index contributed by atoms with van der Waals surface area (Å²) < 4.78 is 17.4. The highest BCUT2D eigenvalue weighted by atomic mass is 16.5. The molecule has 1 heterocycles. The third kappa shape index (κ3) is 4.99. The first-order valence-corrected chi connectivity index (χ1v) is 12.8. The lowest BCUT2D eigenvalue weighted by molar-refractivity contribution is 0.0589. The van der Waals surface area contributed by atoms with Crippen molar-refractivity contribution in [2.75, 3.05) is 27.4 Å². The molecule has 0 bridgehead atoms. The van der Waals surface area contributed by atoms with Crippen LogP contribution in [0, 0.1) is 0 Å². The van der Waals surface area contributed by atoms with E-state index >= 15 is 0 Å². The third-order valence-corrected chi connectivity index (χ3v) is 7.21. The monoisotopic (exact) mass is 495 g/mol. The minimum absolute atomic E-state index is 0.00468. The first-order valence-electron chi connectivity index (χ1n) is 12.8. The lowest BCUT2D eigenvalue weighted by Crippen LogP contribution is -2.42. The predicted molar refractivity (Wildman–Crippen MR) is 147 cm³/mol. The summed E-state index contributed by atoms with van der Waals surface area (Å²) in [7, 11) is 3.27. The normalized spacial score (nSPS) is 14.9. The average molecular weight is 496 g/mol. The van der Waals surface area contributed by atoms with Crippen LogP contribution in [0.4, 0.5) is 0 Å². The zero-order valence-electron chi connectivity index (χ0n) is 21.9. The molecule has 0 aliphatic carbocycles. The molecule has 190 valence electrons. The largest absolute Gasteiger partial charge is 0.493 e. The third-order valence-electron chi connectivity index (χ3n) is 7.21. The van der Waals surface area contributed by atoms with E-state index < -0.39 is 0 Å². The van der Waals surface area contributed by atoms with Gasteiger partial charge in [0.15, 0.2) is 11.5 Å². The summed E-state index contributed by atoms with van der Waals surface area (Å²) in [4.78, 5) is 15.8. The smallest absolute Gasteiger partial charge is 0.254 e. The van der Waals surface area contributed by atoms with Crippen LogP contribution in [0.5, 0.6) is 17.2 Å². The van der Waals surface area contributed by atoms with Crippen LogP contribution in [-0.4, -0.2) is 38.2 Å². The Labute approximate surface area is 218 Å². The van der Waals surface area contributed by atoms with Crippen molar-refractivity contribution in [3.63, 3.8) is 0 Å². The molecule has 0 spiro atoms. The van der Waals surface area contributed by atoms with Gasteiger partial charge in [0.1, 0.15) is 12.4 Å². The van der Waals surface area contributed by atoms with Gasteiger partial charge < -0.3 is 19.1 Å². The second-order valence-electron chi connectivity index (χ2n) is 9.77. The van der Waals surface area contributed by atoms with Crippen LogP contribution in [0.3, 0.4) is 0 Å². The Hall–Kier alpha value is -3.99. The lowest BCUT2D eigenvalue weighted by atomic mass is 9.91. The van der Waals surface area contributed by atoms with Gasteiger partial charge in [0.05, 0.1) is 20.3 Å². The van der Waals surface area contributed by atoms with Gasteiger partial charge in [-0.3, -0.25) is 4.79 Å². The Morgan fingerprint density at radius 1 is 0.892 bits per heavy atom. The maximum Gasteiger partial charge on any atom is 0.254 e. The van der Waals surface area contributed by atoms with E-state index in [1.54, 1.807) is 14.2 Å². The molecular formula is C32H33NO4. The van der Waals surface area contributed by atoms with Crippen molar-refractivity contribution in [1.82, 2.24) is 4.90 Å². The van der Waals surface area contributed by atoms with E-state index in [4.69, 9.17) is 14.2 Å². The molecule has 0 radical (unpaired) electrons. The van der Waals surface area contributed by atoms with Crippen LogP contribution in [-0.2, 0) is 6.42 Å². The van der Waals surface area contributed by atoms with E-state index in [-0.39, 0.29) is 11.9 Å². The number of ether oxygens (including phenoxy) is 3. The Balaban J connectivity index is 1.49. The van der Waals surface area contributed by atoms with Crippen molar-refractivity contribution < 1.29 is 19.0 Å². The molecule has 1 atom stereocenters. The molecule has 5 nitrogen and oxygen atoms in total. The highest BCUT2D eigenvalue weighted by Gasteiger charge is 2.33. The fraction of sp³-hybridized carbons (Fsp3) is 0.281. The fourth-order valence-corrected chi connectivity index (χ4v) is 5.06. The molecule has 0 saturated carbocycles. The van der Waals surface area contributed by atoms with Crippen molar-refractivity contribution in [1.29, 1.82) is 0 Å². The van der Waals surface area contributed by atoms with E-state index in [2.05, 4.69) is 32.0 Å². The summed E-state index contributed by atoms with van der Waals surface area (Å²) in [5, 5.41) is 2.17. The van der Waals surface area contributed by atoms with Crippen LogP contribution < -0.4 is 14.2 Å². The summed E-state index contributed by atoms with van der Waals surface area (Å²) in [5.41, 5.74) is 4.11. The van der Waals surface area contributed by atoms with E-state index in [9.17, 15) is 4.79 Å². The number of carbonyl (C=O) groups excluding carboxylic acids is 1. The number of fused-ring (bicyclic) bond motifs is 2. The number of hydrogen-bond acceptors (Lipinski definition) is 4. The second-order valence-corrected chi connectivity index (χ2v) is 9.77. The van der Waals surface area contributed by atoms with Gasteiger partial charge >= 0.3 is 0 Å². The minimum atomic E-state index is -0.271. The van der Waals surface area contributed by atoms with Crippen LogP contribution in [0.2, 0.25) is 0 Å². The van der Waals surface area contributed by atoms with Crippen molar-refractivity contribution in [2.24, 2.45) is 0 Å². The van der Waals surface area contributed by atoms with Crippen molar-refractivity contribution >= 4 is 16.7 Å². The average Bonchev–Trinajstić information content (AvgIpc) is 2.94. The zero-order valence-corrected chi connectivity index (χ0v) is 21.9. The first kappa shape index (κ1) is 24.7. The van der Waals surface area contributed by atoms with Crippen molar-refractivity contribution in [3.05, 3.63) is 101 Å². The first-order chi connectivity index (χ1) is 18.0. The number of benzene rings is 4. The summed E-state index contributed by atoms with van der Waals surface area (Å²) >= 11 is 0. The van der Waals surface area contributed by atoms with Crippen LogP contribution in [0.15, 0.2) is 78.9 Å². The Morgan fingerprint density at radius 2 is 1.59 bits per heavy atom. The van der Waals surface area contributed by atoms with Gasteiger partial charge in [-0.15, -0.1) is 0 Å². The van der Waals surface area contributed by atoms with Gasteiger partial charge in [0.25, 0.3) is 5.91 Å². The summed E-state index contributed by atoms with van der Waals surface area (Å²) in [6.07, 6.45) is 0.731. The van der Waals surface area contributed by atoms with Gasteiger partial charge in [-0.1, -0.05) is 56.3 Å². The zero-order chi connectivity index (χ0) is 25.9. The van der Waals surface area contributed by atoms with Crippen LogP contribution in [0.25, 0.3) is 10.8 Å². The fourth-order valence-electron chi connectivity index (χ4n) is 5.06. The van der Waals surface area contributed by atoms with E-state index in [0.717, 1.165) is 34.1 Å². The van der Waals surface area contributed by atoms with E-state index in [1.165, 1.54) is 5.56 Å². The Kier molecular flexibility index (Phi) is 7.04. The molecule has 4 aromatic carbocycles. The van der Waals surface area contributed by atoms with Gasteiger partial charge in [-0.25, -0.2) is 0 Å². The number of carbonyl (C=O) groups is 1. The molecule has 1 aliphatic heterocycles. The number of hydrogen-bond donors (Lipinski definition) is 0. The molecule has 5 rings (SSSR count). The van der Waals surface area contributed by atoms with Crippen molar-refractivity contribution in [2.45, 2.75) is 32.2 Å². The molecule has 0 aromatic heterocycles. The van der Waals surface area contributed by atoms with Gasteiger partial charge in [-0.05, 0) is 76.2 Å². The molecular weight excluding hydrogens is 462 g/mol. The highest BCUT2D eigenvalue weighted by Crippen LogP contribution is 2.39. The molecule has 0 N–H and O–H groups in total. The Bertz CT molecular complexity index is 1410. The summed E-state index contributed by atoms with van der Waals surface area (Å²) in [5.74, 6) is 2.58. The SMILES string of the molecule is COc1cc2c(cc1OC)C(COc1ccc(C(C)C)cc1)N(C(=O)c1ccc3ccccc3c1)CC2. The van der Waals surface area contributed by atoms with Crippen LogP contribution in [0.1, 0.15) is 52.9 Å². The number of rotatable bonds is 7. The molecule has 1 aliphatic rings. The maximum absolute atomic E-state index is 13.9. The van der Waals surface area contributed by atoms with Crippen molar-refractivity contribution in [3.8, 4) is 17.2 Å². The molecule has 0 fully saturated rings. The number of nitrogens with zero attached hydrogens (tertiary/aromatic N) is 1. The molecule has 1 unspecified atom stereocenters. The van der Waals surface area contributed by atoms with Gasteiger partial charge in [0.2, 0.25) is 0 Å². The summed E-state index contributed by atoms with van der Waals surface area (Å²) in [6.45, 7) is 5.27. The topological polar surface area (TPSA) is 48.0 Å². The standard InChI is InChI=1S/C32H33NO4/c1-21(2)22-11-13-27(14-12-22)37-20-29-28-19-31(36-4)30(35-3)18-25(28)15-16-33(29)32(34)26-10-9-23-7-5-6-8-24(23)17-26/h5-14,17-19,21,29H,15-16,20H2,1-4H3. The maximum atomic E-state index is 13.9. The molecule has 0 saturated heterocycles. The van der Waals surface area contributed by atoms with E-state index in [0.29, 0.717) is 36.1 Å². The summed E-state index contributed by atoms with van der Waals surface area (Å²) in [6, 6.07) is 25.9. The van der Waals surface area contributed by atoms with Crippen LogP contribution >= 0.6 is 0 Å². The quantitative estimate of drug-likeness (QED) is 0.283. The second kappa shape index (κ2) is 10.6. The van der Waals surface area contributed by atoms with E-state index in [1.807, 2.05) is 65.6 Å². The van der Waals surface area contributed by atoms with Gasteiger partial charge in [-0.2, -0.15) is 0 Å². The molecule has 37 heavy (non-hydrogen) atoms. The molecule has 1 amide bonds. The number of methoxy groups -OCH3 is 2. The molecule has 4 aromatic rings. The predicted octanol–water partition coefficient (Wildman–Crippen LogP) is 6.80.